The fourth-order valence-corrected chi connectivity index (χ4v) is 0.791. The maximum Gasteiger partial charge on any atom is 0.327 e. The highest BCUT2D eigenvalue weighted by atomic mass is 16.4. The Balaban J connectivity index is 3.49. The van der Waals surface area contributed by atoms with E-state index in [4.69, 9.17) is 5.11 Å². The van der Waals surface area contributed by atoms with Crippen molar-refractivity contribution in [2.24, 2.45) is 0 Å². The largest absolute Gasteiger partial charge is 0.478 e. The monoisotopic (exact) mass is 192 g/mol. The molecule has 0 atom stereocenters. The molecule has 0 aliphatic carbocycles. The third kappa shape index (κ3) is 10.4. The van der Waals surface area contributed by atoms with Crippen LogP contribution in [0.3, 0.4) is 0 Å². The van der Waals surface area contributed by atoms with Crippen molar-refractivity contribution in [2.45, 2.75) is 19.8 Å². The molecule has 76 valence electrons. The van der Waals surface area contributed by atoms with Crippen LogP contribution in [0.2, 0.25) is 0 Å². The van der Waals surface area contributed by atoms with Crippen molar-refractivity contribution in [3.05, 3.63) is 48.6 Å². The summed E-state index contributed by atoms with van der Waals surface area (Å²) in [6.45, 7) is 1.96. The second kappa shape index (κ2) is 9.52. The molecule has 2 nitrogen and oxygen atoms in total. The molecule has 0 spiro atoms. The molecule has 0 aromatic rings. The first kappa shape index (κ1) is 12.4. The summed E-state index contributed by atoms with van der Waals surface area (Å²) >= 11 is 0. The van der Waals surface area contributed by atoms with E-state index in [0.717, 1.165) is 12.8 Å². The molecular formula is C12H16O2. The summed E-state index contributed by atoms with van der Waals surface area (Å²) in [5.74, 6) is -0.887. The predicted octanol–water partition coefficient (Wildman–Crippen LogP) is 3.10. The quantitative estimate of drug-likeness (QED) is 0.399. The number of aliphatic carboxylic acids is 1. The van der Waals surface area contributed by atoms with E-state index in [-0.39, 0.29) is 0 Å². The molecule has 0 fully saturated rings. The molecule has 0 aromatic heterocycles. The highest BCUT2D eigenvalue weighted by Gasteiger charge is 1.82. The average molecular weight is 192 g/mol. The Morgan fingerprint density at radius 3 is 2.36 bits per heavy atom. The average Bonchev–Trinajstić information content (AvgIpc) is 2.15. The third-order valence-electron chi connectivity index (χ3n) is 1.42. The molecule has 0 saturated heterocycles. The van der Waals surface area contributed by atoms with Crippen molar-refractivity contribution in [3.63, 3.8) is 0 Å². The van der Waals surface area contributed by atoms with Crippen LogP contribution in [0.25, 0.3) is 0 Å². The molecular weight excluding hydrogens is 176 g/mol. The molecule has 0 aliphatic rings. The number of rotatable bonds is 6. The van der Waals surface area contributed by atoms with Gasteiger partial charge < -0.3 is 5.11 Å². The lowest BCUT2D eigenvalue weighted by Crippen LogP contribution is -1.84. The van der Waals surface area contributed by atoms with Gasteiger partial charge in [-0.05, 0) is 19.8 Å². The van der Waals surface area contributed by atoms with Crippen molar-refractivity contribution in [1.29, 1.82) is 0 Å². The first-order valence-corrected chi connectivity index (χ1v) is 4.61. The van der Waals surface area contributed by atoms with Crippen LogP contribution in [0.4, 0.5) is 0 Å². The van der Waals surface area contributed by atoms with Crippen LogP contribution >= 0.6 is 0 Å². The zero-order chi connectivity index (χ0) is 10.6. The minimum atomic E-state index is -0.887. The lowest BCUT2D eigenvalue weighted by atomic mass is 10.2. The van der Waals surface area contributed by atoms with Crippen molar-refractivity contribution in [2.75, 3.05) is 0 Å². The highest BCUT2D eigenvalue weighted by molar-refractivity contribution is 5.79. The first-order valence-electron chi connectivity index (χ1n) is 4.61. The minimum absolute atomic E-state index is 0.764. The highest BCUT2D eigenvalue weighted by Crippen LogP contribution is 1.93. The normalized spacial score (nSPS) is 12.6. The predicted molar refractivity (Wildman–Crippen MR) is 59.1 cm³/mol. The van der Waals surface area contributed by atoms with Gasteiger partial charge in [0.1, 0.15) is 0 Å². The fraction of sp³-hybridized carbons (Fsp3) is 0.250. The van der Waals surface area contributed by atoms with E-state index in [1.807, 2.05) is 43.4 Å². The van der Waals surface area contributed by atoms with Gasteiger partial charge in [0.2, 0.25) is 0 Å². The van der Waals surface area contributed by atoms with E-state index in [2.05, 4.69) is 0 Å². The van der Waals surface area contributed by atoms with Gasteiger partial charge in [0.05, 0.1) is 0 Å². The first-order chi connectivity index (χ1) is 6.77. The number of unbranched alkanes of at least 4 members (excludes halogenated alkanes) is 1. The maximum absolute atomic E-state index is 10.1. The molecule has 1 N–H and O–H groups in total. The number of hydrogen-bond donors (Lipinski definition) is 1. The van der Waals surface area contributed by atoms with Crippen LogP contribution in [0, 0.1) is 0 Å². The van der Waals surface area contributed by atoms with Gasteiger partial charge in [-0.25, -0.2) is 4.79 Å². The zero-order valence-corrected chi connectivity index (χ0v) is 8.39. The van der Waals surface area contributed by atoms with Gasteiger partial charge in [-0.15, -0.1) is 0 Å². The molecule has 0 heterocycles. The van der Waals surface area contributed by atoms with Crippen molar-refractivity contribution in [3.8, 4) is 0 Å². The van der Waals surface area contributed by atoms with Gasteiger partial charge in [-0.1, -0.05) is 42.5 Å². The number of hydrogen-bond acceptors (Lipinski definition) is 1. The summed E-state index contributed by atoms with van der Waals surface area (Å²) in [6, 6.07) is 0. The van der Waals surface area contributed by atoms with Gasteiger partial charge in [0.15, 0.2) is 0 Å². The molecule has 0 amide bonds. The summed E-state index contributed by atoms with van der Waals surface area (Å²) < 4.78 is 0. The second-order valence-electron chi connectivity index (χ2n) is 2.66. The number of allylic oxidation sites excluding steroid dienone is 7. The second-order valence-corrected chi connectivity index (χ2v) is 2.66. The lowest BCUT2D eigenvalue weighted by Gasteiger charge is -1.84. The van der Waals surface area contributed by atoms with Crippen LogP contribution in [0.1, 0.15) is 19.8 Å². The summed E-state index contributed by atoms with van der Waals surface area (Å²) in [4.78, 5) is 10.1. The van der Waals surface area contributed by atoms with Crippen LogP contribution in [-0.4, -0.2) is 11.1 Å². The molecule has 0 rings (SSSR count). The molecule has 0 unspecified atom stereocenters. The number of carboxylic acid groups (broad SMARTS) is 1. The summed E-state index contributed by atoms with van der Waals surface area (Å²) in [5.41, 5.74) is 0. The Kier molecular flexibility index (Phi) is 8.45. The van der Waals surface area contributed by atoms with E-state index < -0.39 is 5.97 Å². The Hall–Kier alpha value is -1.57. The topological polar surface area (TPSA) is 37.3 Å². The van der Waals surface area contributed by atoms with Crippen LogP contribution in [0.5, 0.6) is 0 Å². The van der Waals surface area contributed by atoms with Gasteiger partial charge in [0, 0.05) is 6.08 Å². The summed E-state index contributed by atoms with van der Waals surface area (Å²) in [7, 11) is 0. The van der Waals surface area contributed by atoms with E-state index >= 15 is 0 Å². The minimum Gasteiger partial charge on any atom is -0.478 e. The Labute approximate surface area is 85.0 Å². The smallest absolute Gasteiger partial charge is 0.327 e. The van der Waals surface area contributed by atoms with E-state index in [9.17, 15) is 4.79 Å². The Morgan fingerprint density at radius 2 is 1.71 bits per heavy atom. The van der Waals surface area contributed by atoms with Crippen molar-refractivity contribution >= 4 is 5.97 Å². The number of carbonyl (C=O) groups is 1. The molecule has 2 heteroatoms. The lowest BCUT2D eigenvalue weighted by molar-refractivity contribution is -0.131. The summed E-state index contributed by atoms with van der Waals surface area (Å²) in [5, 5.41) is 8.29. The van der Waals surface area contributed by atoms with Gasteiger partial charge in [-0.2, -0.15) is 0 Å². The molecule has 0 radical (unpaired) electrons. The number of carboxylic acids is 1. The van der Waals surface area contributed by atoms with Gasteiger partial charge >= 0.3 is 5.97 Å². The molecule has 0 aromatic carbocycles. The van der Waals surface area contributed by atoms with E-state index in [0.29, 0.717) is 0 Å². The third-order valence-corrected chi connectivity index (χ3v) is 1.42. The van der Waals surface area contributed by atoms with Crippen LogP contribution in [-0.2, 0) is 4.79 Å². The SMILES string of the molecule is C/C=C/C=C/C=C/CC/C=C/C(=O)O. The molecule has 14 heavy (non-hydrogen) atoms. The Morgan fingerprint density at radius 1 is 1.07 bits per heavy atom. The van der Waals surface area contributed by atoms with E-state index in [1.165, 1.54) is 6.08 Å². The van der Waals surface area contributed by atoms with Crippen LogP contribution in [0.15, 0.2) is 48.6 Å². The van der Waals surface area contributed by atoms with Gasteiger partial charge in [0.25, 0.3) is 0 Å². The molecule has 0 bridgehead atoms. The molecule has 0 saturated carbocycles. The van der Waals surface area contributed by atoms with E-state index in [1.54, 1.807) is 6.08 Å². The fourth-order valence-electron chi connectivity index (χ4n) is 0.791. The Bertz CT molecular complexity index is 257. The maximum atomic E-state index is 10.1. The van der Waals surface area contributed by atoms with Crippen LogP contribution < -0.4 is 0 Å². The molecule has 0 aliphatic heterocycles. The van der Waals surface area contributed by atoms with Crippen molar-refractivity contribution in [1.82, 2.24) is 0 Å². The standard InChI is InChI=1S/C12H16O2/c1-2-3-4-5-6-7-8-9-10-11-12(13)14/h2-7,10-11H,8-9H2,1H3,(H,13,14)/b3-2+,5-4+,7-6+,11-10+. The zero-order valence-electron chi connectivity index (χ0n) is 8.39. The summed E-state index contributed by atoms with van der Waals surface area (Å²) in [6.07, 6.45) is 16.2. The van der Waals surface area contributed by atoms with Gasteiger partial charge in [-0.3, -0.25) is 0 Å². The van der Waals surface area contributed by atoms with Crippen molar-refractivity contribution < 1.29 is 9.90 Å².